The van der Waals surface area contributed by atoms with Crippen molar-refractivity contribution in [3.8, 4) is 0 Å². The van der Waals surface area contributed by atoms with Gasteiger partial charge >= 0.3 is 80.9 Å². The molecule has 0 atom stereocenters. The zero-order chi connectivity index (χ0) is 6.50. The molecule has 0 spiro atoms. The van der Waals surface area contributed by atoms with Gasteiger partial charge in [-0.15, -0.1) is 0 Å². The van der Waals surface area contributed by atoms with E-state index >= 15 is 0 Å². The monoisotopic (exact) mass is 210 g/mol. The topological polar surface area (TPSA) is 104 Å². The summed E-state index contributed by atoms with van der Waals surface area (Å²) < 4.78 is 15.1. The normalized spacial score (nSPS) is 7.22. The van der Waals surface area contributed by atoms with Crippen molar-refractivity contribution in [2.45, 2.75) is 0 Å². The van der Waals surface area contributed by atoms with Gasteiger partial charge in [-0.1, -0.05) is 0 Å². The van der Waals surface area contributed by atoms with E-state index < -0.39 is 7.82 Å². The third kappa shape index (κ3) is 99.1. The molecule has 0 aromatic rings. The van der Waals surface area contributed by atoms with Gasteiger partial charge in [-0.2, -0.15) is 0 Å². The van der Waals surface area contributed by atoms with Crippen LogP contribution in [0, 0.1) is 0 Å². The van der Waals surface area contributed by atoms with Crippen LogP contribution in [-0.2, 0) is 4.57 Å². The molecule has 0 amide bonds. The Balaban J connectivity index is -0.0000000286. The van der Waals surface area contributed by atoms with Gasteiger partial charge in [-0.25, -0.2) is 0 Å². The molecular formula is H2ClKNaO5P. The first kappa shape index (κ1) is 22.7. The molecule has 0 unspecified atom stereocenters. The summed E-state index contributed by atoms with van der Waals surface area (Å²) in [6.45, 7) is 0. The summed E-state index contributed by atoms with van der Waals surface area (Å²) in [7, 11) is -5.14. The molecule has 0 heterocycles. The largest absolute Gasteiger partial charge is 1.00 e. The van der Waals surface area contributed by atoms with Crippen LogP contribution < -0.4 is 90.7 Å². The molecule has 0 aliphatic carbocycles. The van der Waals surface area contributed by atoms with E-state index in [0.717, 1.165) is 0 Å². The summed E-state index contributed by atoms with van der Waals surface area (Å²) in [5, 5.41) is 0. The van der Waals surface area contributed by atoms with Crippen molar-refractivity contribution in [2.24, 2.45) is 0 Å². The number of hydrogen-bond acceptors (Lipinski definition) is 4. The molecule has 0 radical (unpaired) electrons. The molecule has 0 bridgehead atoms. The van der Waals surface area contributed by atoms with Crippen LogP contribution in [0.15, 0.2) is 0 Å². The molecule has 2 N–H and O–H groups in total. The molecule has 9 heteroatoms. The Labute approximate surface area is 122 Å². The molecule has 0 aliphatic rings. The molecule has 0 aromatic carbocycles. The van der Waals surface area contributed by atoms with Crippen LogP contribution in [0.1, 0.15) is 0 Å². The second kappa shape index (κ2) is 13.6. The van der Waals surface area contributed by atoms with Gasteiger partial charge in [0, 0.05) is 0 Å². The number of halogens is 1. The van der Waals surface area contributed by atoms with E-state index in [9.17, 15) is 0 Å². The van der Waals surface area contributed by atoms with Crippen molar-refractivity contribution in [2.75, 3.05) is 0 Å². The fraction of sp³-hybridized carbons (Fsp3) is 0. The predicted molar refractivity (Wildman–Crippen MR) is 17.9 cm³/mol. The molecule has 0 aromatic heterocycles. The Kier molecular flexibility index (Phi) is 34.2. The van der Waals surface area contributed by atoms with Gasteiger partial charge in [0.15, 0.2) is 0 Å². The molecule has 9 heavy (non-hydrogen) atoms. The average Bonchev–Trinajstić information content (AvgIpc) is 1.36. The first-order valence-corrected chi connectivity index (χ1v) is 2.75. The minimum atomic E-state index is -5.14. The van der Waals surface area contributed by atoms with Gasteiger partial charge in [0.05, 0.1) is 19.7 Å². The fourth-order valence-electron chi connectivity index (χ4n) is 0. The summed E-state index contributed by atoms with van der Waals surface area (Å²) in [5.74, 6) is 0. The molecule has 0 fully saturated rings. The molecule has 0 saturated heterocycles. The van der Waals surface area contributed by atoms with E-state index in [2.05, 4.69) is 11.9 Å². The Bertz CT molecular complexity index is 63.1. The van der Waals surface area contributed by atoms with Crippen LogP contribution in [0.4, 0.5) is 0 Å². The zero-order valence-electron chi connectivity index (χ0n) is 4.94. The summed E-state index contributed by atoms with van der Waals surface area (Å²) in [6.07, 6.45) is 0. The van der Waals surface area contributed by atoms with Crippen LogP contribution in [0.3, 0.4) is 0 Å². The molecule has 0 aliphatic heterocycles. The van der Waals surface area contributed by atoms with Crippen LogP contribution in [0.25, 0.3) is 0 Å². The predicted octanol–water partition coefficient (Wildman–Crippen LogP) is -8.05. The Morgan fingerprint density at radius 2 is 1.33 bits per heavy atom. The standard InChI is InChI=1S/ClHO.K.Na.H3O4P/c1-2;;;1-5(2,3)4/h2H;;;(H3,1,2,3,4)/q;2*+1;/p-2. The Hall–Kier alpha value is 3.00. The van der Waals surface area contributed by atoms with E-state index in [1.165, 1.54) is 0 Å². The Morgan fingerprint density at radius 3 is 1.33 bits per heavy atom. The van der Waals surface area contributed by atoms with E-state index in [4.69, 9.17) is 23.9 Å². The van der Waals surface area contributed by atoms with Crippen molar-refractivity contribution in [1.82, 2.24) is 0 Å². The van der Waals surface area contributed by atoms with Crippen molar-refractivity contribution in [3.05, 3.63) is 0 Å². The van der Waals surface area contributed by atoms with Gasteiger partial charge in [0.2, 0.25) is 0 Å². The van der Waals surface area contributed by atoms with Gasteiger partial charge in [0.1, 0.15) is 0 Å². The van der Waals surface area contributed by atoms with E-state index in [1.54, 1.807) is 0 Å². The third-order valence-electron chi connectivity index (χ3n) is 0. The molecular weight excluding hydrogens is 209 g/mol. The van der Waals surface area contributed by atoms with E-state index in [-0.39, 0.29) is 80.9 Å². The maximum absolute atomic E-state index is 8.66. The molecule has 0 saturated carbocycles. The van der Waals surface area contributed by atoms with Crippen molar-refractivity contribution in [3.63, 3.8) is 0 Å². The van der Waals surface area contributed by atoms with Crippen molar-refractivity contribution >= 4 is 19.7 Å². The van der Waals surface area contributed by atoms with Crippen LogP contribution in [0.2, 0.25) is 0 Å². The smallest absolute Gasteiger partial charge is 0.790 e. The minimum Gasteiger partial charge on any atom is -0.790 e. The number of phosphoric acid groups is 1. The number of hydrogen-bond donors (Lipinski definition) is 2. The maximum Gasteiger partial charge on any atom is 1.00 e. The van der Waals surface area contributed by atoms with Gasteiger partial charge in [-0.3, -0.25) is 4.66 Å². The van der Waals surface area contributed by atoms with Gasteiger partial charge < -0.3 is 19.2 Å². The fourth-order valence-corrected chi connectivity index (χ4v) is 0. The molecule has 46 valence electrons. The number of rotatable bonds is 0. The summed E-state index contributed by atoms with van der Waals surface area (Å²) in [6, 6.07) is 0. The average molecular weight is 211 g/mol. The van der Waals surface area contributed by atoms with Crippen LogP contribution >= 0.6 is 19.7 Å². The first-order valence-electron chi connectivity index (χ1n) is 0.917. The third-order valence-corrected chi connectivity index (χ3v) is 0. The van der Waals surface area contributed by atoms with E-state index in [1.807, 2.05) is 0 Å². The maximum atomic E-state index is 8.66. The second-order valence-corrected chi connectivity index (χ2v) is 1.41. The summed E-state index contributed by atoms with van der Waals surface area (Å²) >= 11 is 3.64. The second-order valence-electron chi connectivity index (χ2n) is 0.469. The minimum absolute atomic E-state index is 0. The SMILES string of the molecule is O=P([O-])([O-])O.OCl.[K+].[Na+]. The van der Waals surface area contributed by atoms with Gasteiger partial charge in [-0.05, 0) is 0 Å². The van der Waals surface area contributed by atoms with Gasteiger partial charge in [0.25, 0.3) is 0 Å². The molecule has 0 rings (SSSR count). The molecule has 5 nitrogen and oxygen atoms in total. The van der Waals surface area contributed by atoms with Crippen molar-refractivity contribution < 1.29 is 105 Å². The van der Waals surface area contributed by atoms with E-state index in [0.29, 0.717) is 0 Å². The summed E-state index contributed by atoms with van der Waals surface area (Å²) in [5.41, 5.74) is 0. The van der Waals surface area contributed by atoms with Crippen molar-refractivity contribution in [1.29, 1.82) is 0 Å². The van der Waals surface area contributed by atoms with Crippen LogP contribution in [-0.4, -0.2) is 9.55 Å². The first-order chi connectivity index (χ1) is 3.00. The quantitative estimate of drug-likeness (QED) is 0.305. The van der Waals surface area contributed by atoms with Crippen LogP contribution in [0.5, 0.6) is 0 Å². The Morgan fingerprint density at radius 1 is 1.33 bits per heavy atom. The zero-order valence-corrected chi connectivity index (χ0v) is 11.7. The summed E-state index contributed by atoms with van der Waals surface area (Å²) in [4.78, 5) is 24.3.